The van der Waals surface area contributed by atoms with Gasteiger partial charge in [-0.2, -0.15) is 0 Å². The van der Waals surface area contributed by atoms with Crippen molar-refractivity contribution >= 4 is 41.8 Å². The maximum absolute atomic E-state index is 12.4. The number of benzene rings is 2. The Morgan fingerprint density at radius 3 is 2.59 bits per heavy atom. The summed E-state index contributed by atoms with van der Waals surface area (Å²) in [5.41, 5.74) is 3.70. The SMILES string of the molecule is COCc1c(NC(=O)OCC[Si](C)(C)C)ncc2[nH]c3ccc(OCc4ccccc4)cc3c12. The number of anilines is 1. The Morgan fingerprint density at radius 1 is 1.06 bits per heavy atom. The average Bonchev–Trinajstić information content (AvgIpc) is 3.17. The van der Waals surface area contributed by atoms with Gasteiger partial charge in [0.1, 0.15) is 18.2 Å². The second kappa shape index (κ2) is 10.3. The number of aromatic nitrogens is 2. The first-order valence-corrected chi connectivity index (χ1v) is 15.1. The number of rotatable bonds is 9. The van der Waals surface area contributed by atoms with Crippen LogP contribution in [-0.4, -0.2) is 37.9 Å². The lowest BCUT2D eigenvalue weighted by Crippen LogP contribution is -2.24. The number of pyridine rings is 1. The minimum Gasteiger partial charge on any atom is -0.489 e. The number of carbonyl (C=O) groups is 1. The number of nitrogens with zero attached hydrogens (tertiary/aromatic N) is 1. The van der Waals surface area contributed by atoms with Crippen LogP contribution in [0.1, 0.15) is 11.1 Å². The minimum atomic E-state index is -1.29. The molecule has 2 heterocycles. The maximum atomic E-state index is 12.4. The number of fused-ring (bicyclic) bond motifs is 3. The van der Waals surface area contributed by atoms with Crippen LogP contribution in [0, 0.1) is 0 Å². The van der Waals surface area contributed by atoms with Crippen molar-refractivity contribution in [1.29, 1.82) is 0 Å². The molecule has 0 saturated heterocycles. The van der Waals surface area contributed by atoms with Crippen LogP contribution in [-0.2, 0) is 22.7 Å². The molecule has 4 aromatic rings. The number of hydrogen-bond donors (Lipinski definition) is 2. The fourth-order valence-corrected chi connectivity index (χ4v) is 4.46. The molecule has 0 spiro atoms. The Hall–Kier alpha value is -3.36. The highest BCUT2D eigenvalue weighted by Crippen LogP contribution is 2.34. The Kier molecular flexibility index (Phi) is 7.19. The van der Waals surface area contributed by atoms with Crippen molar-refractivity contribution in [3.05, 3.63) is 65.9 Å². The van der Waals surface area contributed by atoms with Gasteiger partial charge in [0, 0.05) is 37.0 Å². The summed E-state index contributed by atoms with van der Waals surface area (Å²) in [6, 6.07) is 16.9. The molecule has 0 radical (unpaired) electrons. The minimum absolute atomic E-state index is 0.289. The van der Waals surface area contributed by atoms with Gasteiger partial charge in [-0.05, 0) is 29.8 Å². The smallest absolute Gasteiger partial charge is 0.412 e. The van der Waals surface area contributed by atoms with Gasteiger partial charge in [-0.3, -0.25) is 5.32 Å². The largest absolute Gasteiger partial charge is 0.489 e. The number of amides is 1. The number of carbonyl (C=O) groups excluding carboxylic acids is 1. The predicted octanol–water partition coefficient (Wildman–Crippen LogP) is 6.33. The van der Waals surface area contributed by atoms with E-state index in [-0.39, 0.29) is 6.61 Å². The molecule has 2 aromatic heterocycles. The first-order valence-electron chi connectivity index (χ1n) is 11.4. The zero-order chi connectivity index (χ0) is 24.1. The third kappa shape index (κ3) is 5.76. The molecule has 2 aromatic carbocycles. The van der Waals surface area contributed by atoms with Crippen LogP contribution in [0.25, 0.3) is 21.8 Å². The summed E-state index contributed by atoms with van der Waals surface area (Å²) in [7, 11) is 0.335. The lowest BCUT2D eigenvalue weighted by molar-refractivity contribution is 0.167. The van der Waals surface area contributed by atoms with Gasteiger partial charge in [0.2, 0.25) is 0 Å². The van der Waals surface area contributed by atoms with E-state index in [1.807, 2.05) is 48.5 Å². The molecule has 4 rings (SSSR count). The van der Waals surface area contributed by atoms with Crippen LogP contribution in [0.2, 0.25) is 25.7 Å². The van der Waals surface area contributed by atoms with Crippen LogP contribution in [0.4, 0.5) is 10.6 Å². The highest BCUT2D eigenvalue weighted by atomic mass is 28.3. The summed E-state index contributed by atoms with van der Waals surface area (Å²) >= 11 is 0. The van der Waals surface area contributed by atoms with Gasteiger partial charge >= 0.3 is 6.09 Å². The summed E-state index contributed by atoms with van der Waals surface area (Å²) in [6.45, 7) is 7.91. The van der Waals surface area contributed by atoms with Gasteiger partial charge in [-0.25, -0.2) is 9.78 Å². The van der Waals surface area contributed by atoms with Gasteiger partial charge in [-0.1, -0.05) is 50.0 Å². The lowest BCUT2D eigenvalue weighted by atomic mass is 10.1. The number of methoxy groups -OCH3 is 1. The molecule has 0 saturated carbocycles. The Bertz CT molecular complexity index is 1280. The van der Waals surface area contributed by atoms with Crippen LogP contribution >= 0.6 is 0 Å². The summed E-state index contributed by atoms with van der Waals surface area (Å²) < 4.78 is 16.9. The molecular formula is C26H31N3O4Si. The molecule has 0 fully saturated rings. The number of H-pyrrole nitrogens is 1. The molecule has 34 heavy (non-hydrogen) atoms. The van der Waals surface area contributed by atoms with E-state index < -0.39 is 14.2 Å². The van der Waals surface area contributed by atoms with E-state index in [4.69, 9.17) is 14.2 Å². The van der Waals surface area contributed by atoms with Gasteiger partial charge in [0.25, 0.3) is 0 Å². The molecule has 8 heteroatoms. The third-order valence-corrected chi connectivity index (χ3v) is 7.26. The second-order valence-electron chi connectivity index (χ2n) is 9.49. The fourth-order valence-electron chi connectivity index (χ4n) is 3.75. The lowest BCUT2D eigenvalue weighted by Gasteiger charge is -2.16. The Labute approximate surface area is 200 Å². The number of ether oxygens (including phenoxy) is 3. The zero-order valence-corrected chi connectivity index (χ0v) is 21.1. The number of aromatic amines is 1. The fraction of sp³-hybridized carbons (Fsp3) is 0.308. The summed E-state index contributed by atoms with van der Waals surface area (Å²) in [4.78, 5) is 20.3. The Morgan fingerprint density at radius 2 is 1.85 bits per heavy atom. The van der Waals surface area contributed by atoms with Crippen molar-refractivity contribution in [2.45, 2.75) is 38.9 Å². The summed E-state index contributed by atoms with van der Waals surface area (Å²) in [5, 5.41) is 4.72. The molecule has 0 aliphatic heterocycles. The molecule has 7 nitrogen and oxygen atoms in total. The van der Waals surface area contributed by atoms with Gasteiger partial charge in [-0.15, -0.1) is 0 Å². The van der Waals surface area contributed by atoms with Gasteiger partial charge in [0.05, 0.1) is 24.9 Å². The highest BCUT2D eigenvalue weighted by Gasteiger charge is 2.18. The molecule has 0 aliphatic rings. The molecule has 1 amide bonds. The van der Waals surface area contributed by atoms with E-state index in [2.05, 4.69) is 34.9 Å². The maximum Gasteiger partial charge on any atom is 0.412 e. The first-order chi connectivity index (χ1) is 16.3. The van der Waals surface area contributed by atoms with Crippen molar-refractivity contribution in [2.24, 2.45) is 0 Å². The molecular weight excluding hydrogens is 446 g/mol. The standard InChI is InChI=1S/C26H31N3O4Si/c1-31-17-21-24-20-14-19(33-16-18-8-6-5-7-9-18)10-11-22(20)28-23(24)15-27-25(21)29-26(30)32-12-13-34(2,3)4/h5-11,14-15,28H,12-13,16-17H2,1-4H3,(H,27,29,30). The van der Waals surface area contributed by atoms with Crippen molar-refractivity contribution in [3.63, 3.8) is 0 Å². The molecule has 0 bridgehead atoms. The Balaban J connectivity index is 1.62. The van der Waals surface area contributed by atoms with E-state index in [1.54, 1.807) is 13.3 Å². The van der Waals surface area contributed by atoms with Gasteiger partial charge in [0.15, 0.2) is 0 Å². The average molecular weight is 478 g/mol. The van der Waals surface area contributed by atoms with Crippen LogP contribution in [0.15, 0.2) is 54.7 Å². The van der Waals surface area contributed by atoms with E-state index in [9.17, 15) is 4.79 Å². The normalized spacial score (nSPS) is 11.6. The van der Waals surface area contributed by atoms with Crippen LogP contribution in [0.5, 0.6) is 5.75 Å². The van der Waals surface area contributed by atoms with E-state index in [0.29, 0.717) is 19.0 Å². The van der Waals surface area contributed by atoms with Crippen LogP contribution < -0.4 is 10.1 Å². The highest BCUT2D eigenvalue weighted by molar-refractivity contribution is 6.76. The zero-order valence-electron chi connectivity index (χ0n) is 20.1. The number of nitrogens with one attached hydrogen (secondary N) is 2. The third-order valence-electron chi connectivity index (χ3n) is 5.55. The van der Waals surface area contributed by atoms with E-state index in [1.165, 1.54) is 0 Å². The van der Waals surface area contributed by atoms with E-state index in [0.717, 1.165) is 44.7 Å². The van der Waals surface area contributed by atoms with Crippen LogP contribution in [0.3, 0.4) is 0 Å². The predicted molar refractivity (Wildman–Crippen MR) is 138 cm³/mol. The molecule has 0 unspecified atom stereocenters. The topological polar surface area (TPSA) is 85.5 Å². The van der Waals surface area contributed by atoms with Crippen molar-refractivity contribution < 1.29 is 19.0 Å². The monoisotopic (exact) mass is 477 g/mol. The van der Waals surface area contributed by atoms with Crippen molar-refractivity contribution in [1.82, 2.24) is 9.97 Å². The van der Waals surface area contributed by atoms with Crippen molar-refractivity contribution in [3.8, 4) is 5.75 Å². The van der Waals surface area contributed by atoms with Gasteiger partial charge < -0.3 is 19.2 Å². The summed E-state index contributed by atoms with van der Waals surface area (Å²) in [6.07, 6.45) is 1.21. The first kappa shape index (κ1) is 23.8. The molecule has 0 atom stereocenters. The van der Waals surface area contributed by atoms with E-state index >= 15 is 0 Å². The number of hydrogen-bond acceptors (Lipinski definition) is 5. The molecule has 0 aliphatic carbocycles. The van der Waals surface area contributed by atoms with Crippen molar-refractivity contribution in [2.75, 3.05) is 19.0 Å². The molecule has 2 N–H and O–H groups in total. The second-order valence-corrected chi connectivity index (χ2v) is 15.1. The summed E-state index contributed by atoms with van der Waals surface area (Å²) in [5.74, 6) is 1.20. The quantitative estimate of drug-likeness (QED) is 0.275. The molecule has 178 valence electrons.